The lowest BCUT2D eigenvalue weighted by Crippen LogP contribution is -2.30. The van der Waals surface area contributed by atoms with E-state index in [-0.39, 0.29) is 0 Å². The summed E-state index contributed by atoms with van der Waals surface area (Å²) in [5.41, 5.74) is 3.22. The fourth-order valence-electron chi connectivity index (χ4n) is 3.28. The van der Waals surface area contributed by atoms with Gasteiger partial charge in [-0.25, -0.2) is 0 Å². The average Bonchev–Trinajstić information content (AvgIpc) is 2.89. The third kappa shape index (κ3) is 3.99. The number of aliphatic imine (C=N–C) groups is 1. The number of fused-ring (bicyclic) bond motifs is 2. The molecule has 0 saturated heterocycles. The predicted octanol–water partition coefficient (Wildman–Crippen LogP) is 5.59. The summed E-state index contributed by atoms with van der Waals surface area (Å²) in [5, 5.41) is 22.6. The summed E-state index contributed by atoms with van der Waals surface area (Å²) >= 11 is 1.74. The molecule has 3 rings (SSSR count). The summed E-state index contributed by atoms with van der Waals surface area (Å²) in [4.78, 5) is 6.16. The molecule has 3 N–H and O–H groups in total. The molecule has 5 heteroatoms. The van der Waals surface area contributed by atoms with Crippen LogP contribution in [0.5, 0.6) is 0 Å². The SMILES string of the molecule is CCCC(O)(C=N)CCCC1=Nc2ccccc2Nc2sc(C)cc21. The standard InChI is InChI=1S/C20H25N3OS/c1-3-10-20(24,13-21)11-6-9-16-15-12-14(2)25-19(15)23-18-8-5-4-7-17(18)22-16/h4-5,7-8,12-13,21,23-24H,3,6,9-11H2,1-2H3. The minimum atomic E-state index is -0.983. The second-order valence-electron chi connectivity index (χ2n) is 6.65. The van der Waals surface area contributed by atoms with Crippen LogP contribution in [0.15, 0.2) is 35.3 Å². The maximum Gasteiger partial charge on any atom is 0.102 e. The van der Waals surface area contributed by atoms with Crippen molar-refractivity contribution >= 4 is 39.6 Å². The number of rotatable bonds is 7. The van der Waals surface area contributed by atoms with Crippen LogP contribution in [0.25, 0.3) is 0 Å². The molecule has 1 aromatic carbocycles. The second-order valence-corrected chi connectivity index (χ2v) is 7.91. The van der Waals surface area contributed by atoms with Crippen molar-refractivity contribution in [2.45, 2.75) is 51.6 Å². The van der Waals surface area contributed by atoms with E-state index >= 15 is 0 Å². The molecule has 1 unspecified atom stereocenters. The molecule has 0 radical (unpaired) electrons. The van der Waals surface area contributed by atoms with Gasteiger partial charge in [-0.1, -0.05) is 25.5 Å². The van der Waals surface area contributed by atoms with Gasteiger partial charge in [0.05, 0.1) is 22.7 Å². The van der Waals surface area contributed by atoms with Crippen LogP contribution >= 0.6 is 11.3 Å². The van der Waals surface area contributed by atoms with Gasteiger partial charge in [0.2, 0.25) is 0 Å². The third-order valence-corrected chi connectivity index (χ3v) is 5.51. The Morgan fingerprint density at radius 1 is 1.32 bits per heavy atom. The Kier molecular flexibility index (Phi) is 5.35. The zero-order valence-electron chi connectivity index (χ0n) is 14.8. The minimum absolute atomic E-state index is 0.594. The normalized spacial score (nSPS) is 15.2. The zero-order chi connectivity index (χ0) is 17.9. The Bertz CT molecular complexity index is 796. The predicted molar refractivity (Wildman–Crippen MR) is 107 cm³/mol. The van der Waals surface area contributed by atoms with Crippen LogP contribution in [0.4, 0.5) is 16.4 Å². The summed E-state index contributed by atoms with van der Waals surface area (Å²) in [5.74, 6) is 0. The highest BCUT2D eigenvalue weighted by atomic mass is 32.1. The number of nitrogens with zero attached hydrogens (tertiary/aromatic N) is 1. The van der Waals surface area contributed by atoms with Gasteiger partial charge in [0.1, 0.15) is 5.00 Å². The number of anilines is 2. The largest absolute Gasteiger partial charge is 0.384 e. The molecular weight excluding hydrogens is 330 g/mol. The molecule has 0 saturated carbocycles. The molecular formula is C20H25N3OS. The van der Waals surface area contributed by atoms with E-state index in [1.165, 1.54) is 11.1 Å². The number of hydrogen-bond donors (Lipinski definition) is 3. The molecule has 1 aromatic heterocycles. The first-order valence-corrected chi connectivity index (χ1v) is 9.65. The Morgan fingerprint density at radius 3 is 2.88 bits per heavy atom. The molecule has 25 heavy (non-hydrogen) atoms. The van der Waals surface area contributed by atoms with E-state index in [4.69, 9.17) is 10.4 Å². The topological polar surface area (TPSA) is 68.5 Å². The number of nitrogens with one attached hydrogen (secondary N) is 2. The van der Waals surface area contributed by atoms with E-state index in [1.54, 1.807) is 11.3 Å². The van der Waals surface area contributed by atoms with Crippen molar-refractivity contribution in [2.75, 3.05) is 5.32 Å². The molecule has 0 aliphatic carbocycles. The van der Waals surface area contributed by atoms with E-state index in [0.29, 0.717) is 12.8 Å². The first-order chi connectivity index (χ1) is 12.0. The van der Waals surface area contributed by atoms with Gasteiger partial charge in [-0.3, -0.25) is 4.99 Å². The van der Waals surface area contributed by atoms with Crippen LogP contribution in [-0.2, 0) is 0 Å². The van der Waals surface area contributed by atoms with Gasteiger partial charge in [0.25, 0.3) is 0 Å². The highest BCUT2D eigenvalue weighted by Crippen LogP contribution is 2.39. The molecule has 2 aromatic rings. The molecule has 4 nitrogen and oxygen atoms in total. The lowest BCUT2D eigenvalue weighted by Gasteiger charge is -2.22. The molecule has 2 heterocycles. The first kappa shape index (κ1) is 17.8. The molecule has 1 atom stereocenters. The van der Waals surface area contributed by atoms with Crippen LogP contribution in [0.3, 0.4) is 0 Å². The number of para-hydroxylation sites is 2. The number of aryl methyl sites for hydroxylation is 1. The average molecular weight is 356 g/mol. The van der Waals surface area contributed by atoms with Gasteiger partial charge in [-0.05, 0) is 50.8 Å². The van der Waals surface area contributed by atoms with Crippen LogP contribution in [0, 0.1) is 12.3 Å². The van der Waals surface area contributed by atoms with E-state index in [0.717, 1.165) is 46.9 Å². The monoisotopic (exact) mass is 355 g/mol. The molecule has 132 valence electrons. The quantitative estimate of drug-likeness (QED) is 0.567. The number of hydrogen-bond acceptors (Lipinski definition) is 5. The van der Waals surface area contributed by atoms with Crippen molar-refractivity contribution in [1.82, 2.24) is 0 Å². The maximum atomic E-state index is 10.5. The van der Waals surface area contributed by atoms with Gasteiger partial charge in [0.15, 0.2) is 0 Å². The van der Waals surface area contributed by atoms with Crippen molar-refractivity contribution in [3.63, 3.8) is 0 Å². The Morgan fingerprint density at radius 2 is 2.12 bits per heavy atom. The summed E-state index contributed by atoms with van der Waals surface area (Å²) in [7, 11) is 0. The van der Waals surface area contributed by atoms with E-state index in [9.17, 15) is 5.11 Å². The van der Waals surface area contributed by atoms with Gasteiger partial charge >= 0.3 is 0 Å². The van der Waals surface area contributed by atoms with Gasteiger partial charge in [0, 0.05) is 16.7 Å². The first-order valence-electron chi connectivity index (χ1n) is 8.83. The molecule has 0 bridgehead atoms. The van der Waals surface area contributed by atoms with Gasteiger partial charge in [-0.15, -0.1) is 11.3 Å². The highest BCUT2D eigenvalue weighted by molar-refractivity contribution is 7.16. The lowest BCUT2D eigenvalue weighted by molar-refractivity contribution is 0.0946. The minimum Gasteiger partial charge on any atom is -0.384 e. The van der Waals surface area contributed by atoms with Crippen molar-refractivity contribution in [2.24, 2.45) is 4.99 Å². The van der Waals surface area contributed by atoms with Crippen LogP contribution in [-0.4, -0.2) is 22.6 Å². The van der Waals surface area contributed by atoms with Crippen molar-refractivity contribution in [3.8, 4) is 0 Å². The number of aliphatic hydroxyl groups is 1. The van der Waals surface area contributed by atoms with E-state index < -0.39 is 5.60 Å². The Balaban J connectivity index is 1.83. The van der Waals surface area contributed by atoms with Crippen LogP contribution in [0.2, 0.25) is 0 Å². The zero-order valence-corrected chi connectivity index (χ0v) is 15.6. The summed E-state index contributed by atoms with van der Waals surface area (Å²) in [6.07, 6.45) is 4.90. The van der Waals surface area contributed by atoms with E-state index in [1.807, 2.05) is 25.1 Å². The fourth-order valence-corrected chi connectivity index (χ4v) is 4.23. The number of thiophene rings is 1. The maximum absolute atomic E-state index is 10.5. The molecule has 0 amide bonds. The molecule has 0 fully saturated rings. The third-order valence-electron chi connectivity index (χ3n) is 4.55. The Labute approximate surface area is 153 Å². The lowest BCUT2D eigenvalue weighted by atomic mass is 9.92. The second kappa shape index (κ2) is 7.50. The van der Waals surface area contributed by atoms with Crippen molar-refractivity contribution in [1.29, 1.82) is 5.41 Å². The molecule has 1 aliphatic heterocycles. The Hall–Kier alpha value is -1.98. The summed E-state index contributed by atoms with van der Waals surface area (Å²) < 4.78 is 0. The number of benzene rings is 1. The smallest absolute Gasteiger partial charge is 0.102 e. The van der Waals surface area contributed by atoms with Crippen LogP contribution < -0.4 is 5.32 Å². The fraction of sp³-hybridized carbons (Fsp3) is 0.400. The van der Waals surface area contributed by atoms with E-state index in [2.05, 4.69) is 24.4 Å². The van der Waals surface area contributed by atoms with Crippen LogP contribution in [0.1, 0.15) is 49.5 Å². The van der Waals surface area contributed by atoms with Crippen molar-refractivity contribution in [3.05, 3.63) is 40.8 Å². The highest BCUT2D eigenvalue weighted by Gasteiger charge is 2.24. The molecule has 1 aliphatic rings. The summed E-state index contributed by atoms with van der Waals surface area (Å²) in [6, 6.07) is 10.3. The molecule has 0 spiro atoms. The summed E-state index contributed by atoms with van der Waals surface area (Å²) in [6.45, 7) is 4.15. The van der Waals surface area contributed by atoms with Gasteiger partial charge < -0.3 is 15.8 Å². The van der Waals surface area contributed by atoms with Crippen molar-refractivity contribution < 1.29 is 5.11 Å². The van der Waals surface area contributed by atoms with Gasteiger partial charge in [-0.2, -0.15) is 0 Å².